The molecule has 162 valence electrons. The molecule has 1 amide bonds. The highest BCUT2D eigenvalue weighted by Gasteiger charge is 2.23. The Hall–Kier alpha value is -3.43. The van der Waals surface area contributed by atoms with E-state index in [-0.39, 0.29) is 17.5 Å². The molecule has 31 heavy (non-hydrogen) atoms. The Labute approximate surface area is 176 Å². The van der Waals surface area contributed by atoms with Gasteiger partial charge < -0.3 is 16.0 Å². The molecular weight excluding hydrogens is 409 g/mol. The number of rotatable bonds is 6. The molecule has 1 aliphatic heterocycles. The van der Waals surface area contributed by atoms with Crippen LogP contribution < -0.4 is 16.0 Å². The zero-order valence-electron chi connectivity index (χ0n) is 16.9. The third kappa shape index (κ3) is 4.37. The summed E-state index contributed by atoms with van der Waals surface area (Å²) in [5, 5.41) is 9.71. The summed E-state index contributed by atoms with van der Waals surface area (Å²) in [5.74, 6) is 0.500. The molecule has 0 radical (unpaired) electrons. The molecule has 0 saturated carbocycles. The predicted octanol–water partition coefficient (Wildman–Crippen LogP) is 3.88. The van der Waals surface area contributed by atoms with Gasteiger partial charge in [0.15, 0.2) is 0 Å². The van der Waals surface area contributed by atoms with Gasteiger partial charge in [-0.05, 0) is 19.9 Å². The van der Waals surface area contributed by atoms with Crippen molar-refractivity contribution in [3.05, 3.63) is 53.2 Å². The number of amides is 1. The molecule has 10 heteroatoms. The van der Waals surface area contributed by atoms with Crippen molar-refractivity contribution in [3.8, 4) is 0 Å². The molecule has 7 nitrogen and oxygen atoms in total. The monoisotopic (exact) mass is 430 g/mol. The third-order valence-electron chi connectivity index (χ3n) is 5.14. The van der Waals surface area contributed by atoms with E-state index < -0.39 is 23.8 Å². The normalized spacial score (nSPS) is 17.1. The van der Waals surface area contributed by atoms with Crippen LogP contribution >= 0.6 is 0 Å². The van der Waals surface area contributed by atoms with E-state index in [0.717, 1.165) is 6.07 Å². The van der Waals surface area contributed by atoms with Crippen LogP contribution in [0.15, 0.2) is 30.5 Å². The van der Waals surface area contributed by atoms with Crippen LogP contribution in [0.1, 0.15) is 42.8 Å². The first-order valence-corrected chi connectivity index (χ1v) is 9.82. The Morgan fingerprint density at radius 1 is 1.23 bits per heavy atom. The minimum Gasteiger partial charge on any atom is -0.365 e. The van der Waals surface area contributed by atoms with Crippen LogP contribution in [0.3, 0.4) is 0 Å². The van der Waals surface area contributed by atoms with E-state index in [1.165, 1.54) is 12.1 Å². The van der Waals surface area contributed by atoms with Crippen LogP contribution in [-0.4, -0.2) is 33.4 Å². The Balaban J connectivity index is 1.65. The number of halogens is 3. The van der Waals surface area contributed by atoms with E-state index in [1.807, 2.05) is 0 Å². The van der Waals surface area contributed by atoms with Crippen molar-refractivity contribution in [1.29, 1.82) is 0 Å². The van der Waals surface area contributed by atoms with Crippen LogP contribution in [-0.2, 0) is 4.79 Å². The number of carbonyl (C=O) groups is 1. The number of hydrogen-bond donors (Lipinski definition) is 3. The molecule has 2 aromatic heterocycles. The van der Waals surface area contributed by atoms with Gasteiger partial charge in [0.1, 0.15) is 23.3 Å². The summed E-state index contributed by atoms with van der Waals surface area (Å²) in [6.07, 6.45) is -0.956. The first-order chi connectivity index (χ1) is 14.8. The number of benzene rings is 1. The molecule has 0 spiro atoms. The van der Waals surface area contributed by atoms with Gasteiger partial charge in [-0.2, -0.15) is 0 Å². The topological polar surface area (TPSA) is 91.8 Å². The molecule has 3 heterocycles. The molecular formula is C21H21F3N6O. The molecule has 3 aromatic rings. The number of aryl methyl sites for hydroxylation is 1. The van der Waals surface area contributed by atoms with Gasteiger partial charge in [0.25, 0.3) is 6.43 Å². The van der Waals surface area contributed by atoms with Gasteiger partial charge in [0, 0.05) is 23.9 Å². The molecule has 2 atom stereocenters. The SMILES string of the molecule is Cc1nc(N[C@H](C)c2cccc(C(F)F)c2F)c2cc(NC3CNC(=O)C3)ncc2n1. The highest BCUT2D eigenvalue weighted by atomic mass is 19.3. The number of aromatic nitrogens is 3. The van der Waals surface area contributed by atoms with Crippen molar-refractivity contribution >= 4 is 28.4 Å². The van der Waals surface area contributed by atoms with Crippen LogP contribution in [0.2, 0.25) is 0 Å². The van der Waals surface area contributed by atoms with E-state index in [1.54, 1.807) is 26.1 Å². The lowest BCUT2D eigenvalue weighted by Gasteiger charge is -2.19. The molecule has 0 bridgehead atoms. The van der Waals surface area contributed by atoms with Gasteiger partial charge in [0.2, 0.25) is 5.91 Å². The fraction of sp³-hybridized carbons (Fsp3) is 0.333. The maximum absolute atomic E-state index is 14.6. The van der Waals surface area contributed by atoms with Gasteiger partial charge >= 0.3 is 0 Å². The fourth-order valence-electron chi connectivity index (χ4n) is 3.61. The fourth-order valence-corrected chi connectivity index (χ4v) is 3.61. The zero-order valence-corrected chi connectivity index (χ0v) is 16.9. The Morgan fingerprint density at radius 2 is 2.00 bits per heavy atom. The van der Waals surface area contributed by atoms with Crippen molar-refractivity contribution in [2.45, 2.75) is 38.8 Å². The summed E-state index contributed by atoms with van der Waals surface area (Å²) in [6.45, 7) is 3.90. The minimum atomic E-state index is -2.90. The van der Waals surface area contributed by atoms with E-state index in [2.05, 4.69) is 30.9 Å². The second kappa shape index (κ2) is 8.37. The quantitative estimate of drug-likeness (QED) is 0.550. The maximum Gasteiger partial charge on any atom is 0.266 e. The van der Waals surface area contributed by atoms with E-state index in [9.17, 15) is 18.0 Å². The highest BCUT2D eigenvalue weighted by Crippen LogP contribution is 2.30. The standard InChI is InChI=1S/C21H21F3N6O/c1-10(13-4-3-5-14(19(13)22)20(23)24)27-21-15-7-17(30-12-6-18(31)26-8-12)25-9-16(15)28-11(2)29-21/h3-5,7,9-10,12,20H,6,8H2,1-2H3,(H,25,30)(H,26,31)(H,27,28,29)/t10-,12?/m1/s1. The van der Waals surface area contributed by atoms with Crippen molar-refractivity contribution in [1.82, 2.24) is 20.3 Å². The number of hydrogen-bond acceptors (Lipinski definition) is 6. The number of alkyl halides is 2. The van der Waals surface area contributed by atoms with Crippen molar-refractivity contribution in [3.63, 3.8) is 0 Å². The zero-order chi connectivity index (χ0) is 22.1. The average Bonchev–Trinajstić information content (AvgIpc) is 3.12. The summed E-state index contributed by atoms with van der Waals surface area (Å²) in [7, 11) is 0. The number of carbonyl (C=O) groups excluding carboxylic acids is 1. The lowest BCUT2D eigenvalue weighted by molar-refractivity contribution is -0.119. The lowest BCUT2D eigenvalue weighted by Crippen LogP contribution is -2.22. The first kappa shape index (κ1) is 20.8. The van der Waals surface area contributed by atoms with Crippen molar-refractivity contribution in [2.24, 2.45) is 0 Å². The number of anilines is 2. The second-order valence-electron chi connectivity index (χ2n) is 7.47. The number of pyridine rings is 1. The summed E-state index contributed by atoms with van der Waals surface area (Å²) >= 11 is 0. The summed E-state index contributed by atoms with van der Waals surface area (Å²) < 4.78 is 40.7. The van der Waals surface area contributed by atoms with E-state index in [0.29, 0.717) is 41.3 Å². The van der Waals surface area contributed by atoms with E-state index in [4.69, 9.17) is 0 Å². The smallest absolute Gasteiger partial charge is 0.266 e. The summed E-state index contributed by atoms with van der Waals surface area (Å²) in [5.41, 5.74) is 0.0608. The molecule has 1 fully saturated rings. The van der Waals surface area contributed by atoms with Crippen molar-refractivity contribution in [2.75, 3.05) is 17.2 Å². The number of nitrogens with zero attached hydrogens (tertiary/aromatic N) is 3. The summed E-state index contributed by atoms with van der Waals surface area (Å²) in [4.78, 5) is 24.6. The van der Waals surface area contributed by atoms with Crippen LogP contribution in [0.5, 0.6) is 0 Å². The van der Waals surface area contributed by atoms with Gasteiger partial charge in [0.05, 0.1) is 29.4 Å². The molecule has 1 saturated heterocycles. The van der Waals surface area contributed by atoms with Crippen LogP contribution in [0, 0.1) is 12.7 Å². The molecule has 1 unspecified atom stereocenters. The van der Waals surface area contributed by atoms with Crippen molar-refractivity contribution < 1.29 is 18.0 Å². The molecule has 4 rings (SSSR count). The minimum absolute atomic E-state index is 0.0264. The Morgan fingerprint density at radius 3 is 2.71 bits per heavy atom. The second-order valence-corrected chi connectivity index (χ2v) is 7.47. The predicted molar refractivity (Wildman–Crippen MR) is 111 cm³/mol. The first-order valence-electron chi connectivity index (χ1n) is 9.82. The van der Waals surface area contributed by atoms with Gasteiger partial charge in [-0.15, -0.1) is 0 Å². The molecule has 3 N–H and O–H groups in total. The number of fused-ring (bicyclic) bond motifs is 1. The van der Waals surface area contributed by atoms with Crippen LogP contribution in [0.4, 0.5) is 24.8 Å². The largest absolute Gasteiger partial charge is 0.365 e. The highest BCUT2D eigenvalue weighted by molar-refractivity contribution is 5.90. The lowest BCUT2D eigenvalue weighted by atomic mass is 10.0. The molecule has 0 aliphatic carbocycles. The Kier molecular flexibility index (Phi) is 5.62. The average molecular weight is 430 g/mol. The maximum atomic E-state index is 14.6. The molecule has 1 aliphatic rings. The Bertz CT molecular complexity index is 1140. The van der Waals surface area contributed by atoms with Gasteiger partial charge in [-0.3, -0.25) is 4.79 Å². The van der Waals surface area contributed by atoms with Crippen LogP contribution in [0.25, 0.3) is 10.9 Å². The third-order valence-corrected chi connectivity index (χ3v) is 5.14. The van der Waals surface area contributed by atoms with E-state index >= 15 is 0 Å². The van der Waals surface area contributed by atoms with Gasteiger partial charge in [-0.25, -0.2) is 28.1 Å². The number of nitrogens with one attached hydrogen (secondary N) is 3. The van der Waals surface area contributed by atoms with Gasteiger partial charge in [-0.1, -0.05) is 18.2 Å². The molecule has 1 aromatic carbocycles. The summed E-state index contributed by atoms with van der Waals surface area (Å²) in [6, 6.07) is 4.99.